The predicted molar refractivity (Wildman–Crippen MR) is 328 cm³/mol. The number of primary amides is 1. The van der Waals surface area contributed by atoms with E-state index in [4.69, 9.17) is 45.8 Å². The number of allylic oxidation sites excluding steroid dienone is 3. The molecule has 2 aromatic rings. The first kappa shape index (κ1) is 71.9. The normalized spacial score (nSPS) is 24.1. The molecule has 3 aliphatic heterocycles. The van der Waals surface area contributed by atoms with E-state index in [2.05, 4.69) is 10.6 Å². The first-order valence-electron chi connectivity index (χ1n) is 30.5. The quantitative estimate of drug-likeness (QED) is 0.0249. The number of ether oxygens (including phenoxy) is 6. The van der Waals surface area contributed by atoms with Crippen LogP contribution in [0.4, 0.5) is 10.5 Å². The molecule has 486 valence electrons. The molecule has 5 rings (SSSR count). The Morgan fingerprint density at radius 1 is 0.989 bits per heavy atom. The van der Waals surface area contributed by atoms with E-state index in [1.807, 2.05) is 26.8 Å². The third kappa shape index (κ3) is 19.1. The highest BCUT2D eigenvalue weighted by atomic mass is 35.5. The third-order valence-corrected chi connectivity index (χ3v) is 17.7. The summed E-state index contributed by atoms with van der Waals surface area (Å²) in [4.78, 5) is 124. The molecule has 2 saturated heterocycles. The smallest absolute Gasteiger partial charge is 0.328 e. The second kappa shape index (κ2) is 32.6. The molecule has 22 nitrogen and oxygen atoms in total. The molecule has 3 aliphatic rings. The number of hydrogen-bond donors (Lipinski definition) is 5. The van der Waals surface area contributed by atoms with Gasteiger partial charge in [-0.25, -0.2) is 9.59 Å². The number of likely N-dealkylation sites (N-methyl/N-ethyl adjacent to an activating group) is 1. The lowest BCUT2D eigenvalue weighted by Gasteiger charge is -2.41. The van der Waals surface area contributed by atoms with Gasteiger partial charge in [-0.05, 0) is 108 Å². The fourth-order valence-corrected chi connectivity index (χ4v) is 11.7. The first-order chi connectivity index (χ1) is 41.5. The number of aliphatic hydroxyl groups is 1. The minimum absolute atomic E-state index is 0.0292. The molecule has 0 saturated carbocycles. The zero-order valence-electron chi connectivity index (χ0n) is 53.1. The monoisotopic (exact) mass is 1250 g/mol. The number of nitrogens with zero attached hydrogens (tertiary/aromatic N) is 2. The van der Waals surface area contributed by atoms with E-state index in [9.17, 15) is 53.4 Å². The van der Waals surface area contributed by atoms with Crippen molar-refractivity contribution in [1.82, 2.24) is 15.5 Å². The van der Waals surface area contributed by atoms with Crippen molar-refractivity contribution in [3.63, 3.8) is 0 Å². The molecule has 88 heavy (non-hydrogen) atoms. The van der Waals surface area contributed by atoms with E-state index in [-0.39, 0.29) is 91.4 Å². The largest absolute Gasteiger partial charge is 0.508 e. The number of benzene rings is 2. The summed E-state index contributed by atoms with van der Waals surface area (Å²) in [6.07, 6.45) is 4.24. The van der Waals surface area contributed by atoms with Crippen LogP contribution in [0.15, 0.2) is 54.1 Å². The number of carbonyl (C=O) groups excluding carboxylic acids is 9. The van der Waals surface area contributed by atoms with Crippen LogP contribution in [-0.4, -0.2) is 158 Å². The number of nitrogens with two attached hydrogens (primary N) is 1. The van der Waals surface area contributed by atoms with E-state index in [1.54, 1.807) is 52.0 Å². The van der Waals surface area contributed by atoms with Gasteiger partial charge in [0, 0.05) is 76.4 Å². The minimum atomic E-state index is -1.67. The van der Waals surface area contributed by atoms with Crippen molar-refractivity contribution in [3.05, 3.63) is 75.8 Å². The lowest BCUT2D eigenvalue weighted by Crippen LogP contribution is -2.53. The summed E-state index contributed by atoms with van der Waals surface area (Å²) in [5, 5.41) is 28.8. The van der Waals surface area contributed by atoms with Crippen LogP contribution in [0, 0.1) is 23.7 Å². The van der Waals surface area contributed by atoms with Crippen LogP contribution in [0.5, 0.6) is 11.5 Å². The summed E-state index contributed by atoms with van der Waals surface area (Å²) in [5.74, 6) is -6.13. The van der Waals surface area contributed by atoms with Gasteiger partial charge in [-0.3, -0.25) is 33.6 Å². The molecular formula is C65H92ClN5O17. The zero-order valence-corrected chi connectivity index (χ0v) is 53.8. The average Bonchev–Trinajstić information content (AvgIpc) is 1.58. The van der Waals surface area contributed by atoms with Crippen molar-refractivity contribution in [2.45, 2.75) is 193 Å². The van der Waals surface area contributed by atoms with Gasteiger partial charge in [0.05, 0.1) is 50.3 Å². The number of carbonyl (C=O) groups is 9. The van der Waals surface area contributed by atoms with Gasteiger partial charge in [0.25, 0.3) is 5.91 Å². The molecule has 4 bridgehead atoms. The van der Waals surface area contributed by atoms with Crippen LogP contribution in [0.3, 0.4) is 0 Å². The number of methoxy groups -OCH3 is 2. The molecule has 0 unspecified atom stereocenters. The van der Waals surface area contributed by atoms with Gasteiger partial charge in [0.1, 0.15) is 57.9 Å². The van der Waals surface area contributed by atoms with E-state index in [0.29, 0.717) is 50.0 Å². The summed E-state index contributed by atoms with van der Waals surface area (Å²) in [6.45, 7) is 14.6. The highest BCUT2D eigenvalue weighted by Gasteiger charge is 2.64. The first-order valence-corrected chi connectivity index (χ1v) is 30.8. The second-order valence-corrected chi connectivity index (χ2v) is 24.6. The van der Waals surface area contributed by atoms with Gasteiger partial charge in [-0.2, -0.15) is 0 Å². The molecule has 0 aromatic heterocycles. The molecule has 2 fully saturated rings. The summed E-state index contributed by atoms with van der Waals surface area (Å²) in [5.41, 5.74) is 4.23. The van der Waals surface area contributed by atoms with Gasteiger partial charge in [-0.15, -0.1) is 0 Å². The SMILES string of the molecule is CCC(CC)C(=O)OCCCCCC(=O)C[C@H](C(=O)N[C@@H](CCCNC(N)=O)C(=O)Cc1ccc(C(=O)N(C)[C@@H](C)C(=O)O[C@H]2CC(=O)N(C)c3cc(cc(OC)c3Cl)C/C(C)=C/C=C/[C@@H](OC)[C@]3(O)CC(=O)O[C@@H](C3)[C@@H](C)[C@@H]3O[C@@]23C)cc1O)C(C)C. The number of halogens is 1. The number of esters is 3. The molecule has 0 spiro atoms. The van der Waals surface area contributed by atoms with Gasteiger partial charge in [0.2, 0.25) is 11.8 Å². The fourth-order valence-electron chi connectivity index (χ4n) is 11.4. The van der Waals surface area contributed by atoms with Crippen molar-refractivity contribution in [2.75, 3.05) is 46.4 Å². The zero-order chi connectivity index (χ0) is 65.4. The molecule has 0 aliphatic carbocycles. The number of fused-ring (bicyclic) bond motifs is 5. The molecule has 5 amide bonds. The maximum atomic E-state index is 14.5. The summed E-state index contributed by atoms with van der Waals surface area (Å²) in [7, 11) is 5.77. The Labute approximate surface area is 521 Å². The van der Waals surface area contributed by atoms with Crippen molar-refractivity contribution in [1.29, 1.82) is 0 Å². The van der Waals surface area contributed by atoms with Crippen LogP contribution in [-0.2, 0) is 70.1 Å². The lowest BCUT2D eigenvalue weighted by atomic mass is 9.78. The summed E-state index contributed by atoms with van der Waals surface area (Å²) >= 11 is 6.85. The Morgan fingerprint density at radius 3 is 2.33 bits per heavy atom. The lowest BCUT2D eigenvalue weighted by molar-refractivity contribution is -0.187. The number of hydrogen-bond acceptors (Lipinski definition) is 17. The van der Waals surface area contributed by atoms with Gasteiger partial charge < -0.3 is 64.8 Å². The van der Waals surface area contributed by atoms with Gasteiger partial charge >= 0.3 is 23.9 Å². The van der Waals surface area contributed by atoms with Crippen LogP contribution >= 0.6 is 11.6 Å². The number of rotatable bonds is 27. The molecule has 6 N–H and O–H groups in total. The van der Waals surface area contributed by atoms with Gasteiger partial charge in [0.15, 0.2) is 5.78 Å². The van der Waals surface area contributed by atoms with Crippen molar-refractivity contribution >= 4 is 70.5 Å². The number of aromatic hydroxyl groups is 1. The van der Waals surface area contributed by atoms with Crippen LogP contribution in [0.1, 0.15) is 154 Å². The Balaban J connectivity index is 1.32. The summed E-state index contributed by atoms with van der Waals surface area (Å²) in [6, 6.07) is 4.21. The highest BCUT2D eigenvalue weighted by Crippen LogP contribution is 2.50. The van der Waals surface area contributed by atoms with Crippen molar-refractivity contribution in [3.8, 4) is 11.5 Å². The number of nitrogens with one attached hydrogen (secondary N) is 2. The van der Waals surface area contributed by atoms with Crippen LogP contribution < -0.4 is 26.0 Å². The standard InChI is InChI=1S/C65H92ClN5O17/c1-13-42(14-2)62(80)85-27-17-15-16-21-45(72)33-46(37(3)4)59(77)69-47(22-19-26-68-63(67)81)50(74)31-43-24-25-44(32-49(43)73)60(78)70(9)40(7)61(79)87-54-34-55(75)71(10)48-29-41(30-51(83-11)57(48)66)28-38(5)20-18-23-53(84-12)65(82)35-52(86-56(76)36-65)39(6)58-64(54,8)88-58/h18,20,23-25,29-30,32,37,39-40,42,46-47,52-54,58,73,82H,13-17,19,21-22,26-28,31,33-36H2,1-12H3,(H,69,77)(H3,67,68,81)/b23-18+,38-20+/t39-,40+,46+,47+,52+,53-,54+,58+,64+,65-/m1/s1. The number of phenols is 1. The Morgan fingerprint density at radius 2 is 1.69 bits per heavy atom. The number of Topliss-reactive ketones (excluding diaryl/α,β-unsaturated/α-hetero) is 2. The van der Waals surface area contributed by atoms with E-state index >= 15 is 0 Å². The molecule has 10 atom stereocenters. The van der Waals surface area contributed by atoms with Crippen molar-refractivity contribution < 1.29 is 81.8 Å². The topological polar surface area (TPSA) is 309 Å². The Hall–Kier alpha value is -6.88. The predicted octanol–water partition coefficient (Wildman–Crippen LogP) is 7.60. The number of anilines is 1. The molecule has 2 aromatic carbocycles. The maximum Gasteiger partial charge on any atom is 0.328 e. The fraction of sp³-hybridized carbons (Fsp3) is 0.615. The maximum absolute atomic E-state index is 14.5. The minimum Gasteiger partial charge on any atom is -0.508 e. The van der Waals surface area contributed by atoms with Crippen molar-refractivity contribution in [2.24, 2.45) is 29.4 Å². The number of unbranched alkanes of at least 4 members (excludes halogenated alkanes) is 2. The number of ketones is 2. The molecule has 3 heterocycles. The summed E-state index contributed by atoms with van der Waals surface area (Å²) < 4.78 is 35.1. The third-order valence-electron chi connectivity index (χ3n) is 17.3. The van der Waals surface area contributed by atoms with Gasteiger partial charge in [-0.1, -0.05) is 76.1 Å². The molecule has 0 radical (unpaired) electrons. The van der Waals surface area contributed by atoms with Crippen LogP contribution in [0.2, 0.25) is 5.02 Å². The number of epoxide rings is 1. The number of amides is 5. The van der Waals surface area contributed by atoms with E-state index in [1.165, 1.54) is 52.3 Å². The van der Waals surface area contributed by atoms with E-state index < -0.39 is 120 Å². The van der Waals surface area contributed by atoms with E-state index in [0.717, 1.165) is 22.1 Å². The Bertz CT molecular complexity index is 2910. The number of urea groups is 1. The average molecular weight is 1250 g/mol. The number of phenolic OH excluding ortho intramolecular Hbond substituents is 1. The molecule has 23 heteroatoms. The Kier molecular flexibility index (Phi) is 26.6. The molecular weight excluding hydrogens is 1160 g/mol. The van der Waals surface area contributed by atoms with Crippen LogP contribution in [0.25, 0.3) is 0 Å². The highest BCUT2D eigenvalue weighted by molar-refractivity contribution is 6.35. The second-order valence-electron chi connectivity index (χ2n) is 24.2.